The standard InChI is InChI=1S/C12H14N4/c1-2-9-15(8-1)11-3-5-12(6-4-11)16-10-7-13-14-16/h3-7,10H,1-2,8-9H2. The second-order valence-corrected chi connectivity index (χ2v) is 4.06. The van der Waals surface area contributed by atoms with E-state index < -0.39 is 0 Å². The molecule has 0 saturated carbocycles. The van der Waals surface area contributed by atoms with Gasteiger partial charge in [-0.05, 0) is 37.1 Å². The van der Waals surface area contributed by atoms with E-state index in [1.165, 1.54) is 31.6 Å². The summed E-state index contributed by atoms with van der Waals surface area (Å²) in [4.78, 5) is 2.42. The smallest absolute Gasteiger partial charge is 0.0697 e. The first-order chi connectivity index (χ1) is 7.93. The summed E-state index contributed by atoms with van der Waals surface area (Å²) in [5.41, 5.74) is 2.36. The number of nitrogens with zero attached hydrogens (tertiary/aromatic N) is 4. The molecule has 1 aromatic carbocycles. The molecule has 1 aromatic heterocycles. The van der Waals surface area contributed by atoms with Crippen molar-refractivity contribution in [2.75, 3.05) is 18.0 Å². The molecule has 0 amide bonds. The summed E-state index contributed by atoms with van der Waals surface area (Å²) < 4.78 is 1.77. The number of hydrogen-bond acceptors (Lipinski definition) is 3. The van der Waals surface area contributed by atoms with Crippen LogP contribution in [0.3, 0.4) is 0 Å². The lowest BCUT2D eigenvalue weighted by Gasteiger charge is -2.17. The van der Waals surface area contributed by atoms with Crippen molar-refractivity contribution in [3.63, 3.8) is 0 Å². The summed E-state index contributed by atoms with van der Waals surface area (Å²) in [6.07, 6.45) is 6.16. The van der Waals surface area contributed by atoms with Crippen molar-refractivity contribution >= 4 is 5.69 Å². The molecule has 0 radical (unpaired) electrons. The number of anilines is 1. The molecule has 0 N–H and O–H groups in total. The highest BCUT2D eigenvalue weighted by Gasteiger charge is 2.11. The van der Waals surface area contributed by atoms with Gasteiger partial charge >= 0.3 is 0 Å². The van der Waals surface area contributed by atoms with Crippen LogP contribution in [-0.2, 0) is 0 Å². The minimum absolute atomic E-state index is 1.06. The lowest BCUT2D eigenvalue weighted by molar-refractivity contribution is 0.803. The number of aromatic nitrogens is 3. The van der Waals surface area contributed by atoms with Crippen LogP contribution in [0, 0.1) is 0 Å². The first-order valence-electron chi connectivity index (χ1n) is 5.65. The van der Waals surface area contributed by atoms with Gasteiger partial charge in [0.15, 0.2) is 0 Å². The van der Waals surface area contributed by atoms with Crippen molar-refractivity contribution in [1.29, 1.82) is 0 Å². The van der Waals surface area contributed by atoms with Crippen molar-refractivity contribution in [2.24, 2.45) is 0 Å². The highest BCUT2D eigenvalue weighted by atomic mass is 15.4. The highest BCUT2D eigenvalue weighted by molar-refractivity contribution is 5.51. The first kappa shape index (κ1) is 9.39. The summed E-state index contributed by atoms with van der Waals surface area (Å²) in [5, 5.41) is 7.77. The molecule has 2 aromatic rings. The van der Waals surface area contributed by atoms with E-state index in [1.807, 2.05) is 6.20 Å². The first-order valence-corrected chi connectivity index (χ1v) is 5.65. The molecule has 82 valence electrons. The highest BCUT2D eigenvalue weighted by Crippen LogP contribution is 2.21. The van der Waals surface area contributed by atoms with Crippen LogP contribution in [0.5, 0.6) is 0 Å². The quantitative estimate of drug-likeness (QED) is 0.765. The molecular weight excluding hydrogens is 200 g/mol. The van der Waals surface area contributed by atoms with Gasteiger partial charge in [0.25, 0.3) is 0 Å². The van der Waals surface area contributed by atoms with E-state index >= 15 is 0 Å². The third kappa shape index (κ3) is 1.66. The topological polar surface area (TPSA) is 34.0 Å². The molecule has 2 heterocycles. The van der Waals surface area contributed by atoms with Crippen LogP contribution >= 0.6 is 0 Å². The summed E-state index contributed by atoms with van der Waals surface area (Å²) in [6.45, 7) is 2.37. The van der Waals surface area contributed by atoms with Gasteiger partial charge in [-0.3, -0.25) is 0 Å². The molecule has 1 saturated heterocycles. The Kier molecular flexibility index (Phi) is 2.33. The average Bonchev–Trinajstić information content (AvgIpc) is 3.03. The van der Waals surface area contributed by atoms with Gasteiger partial charge in [-0.2, -0.15) is 0 Å². The molecule has 0 atom stereocenters. The van der Waals surface area contributed by atoms with Gasteiger partial charge in [0.05, 0.1) is 18.1 Å². The fourth-order valence-electron chi connectivity index (χ4n) is 2.14. The molecular formula is C12H14N4. The lowest BCUT2D eigenvalue weighted by atomic mass is 10.2. The SMILES string of the molecule is c1cn(-c2ccc(N3CCCC3)cc2)nn1. The normalized spacial score (nSPS) is 15.6. The number of hydrogen-bond donors (Lipinski definition) is 0. The van der Waals surface area contributed by atoms with Crippen LogP contribution in [0.2, 0.25) is 0 Å². The van der Waals surface area contributed by atoms with Gasteiger partial charge in [-0.25, -0.2) is 4.68 Å². The van der Waals surface area contributed by atoms with E-state index in [0.29, 0.717) is 0 Å². The van der Waals surface area contributed by atoms with Gasteiger partial charge < -0.3 is 4.90 Å². The van der Waals surface area contributed by atoms with Gasteiger partial charge in [-0.15, -0.1) is 5.10 Å². The summed E-state index contributed by atoms with van der Waals surface area (Å²) in [7, 11) is 0. The zero-order valence-electron chi connectivity index (χ0n) is 9.08. The third-order valence-electron chi connectivity index (χ3n) is 3.01. The van der Waals surface area contributed by atoms with Crippen LogP contribution in [0.4, 0.5) is 5.69 Å². The number of benzene rings is 1. The Balaban J connectivity index is 1.84. The Bertz CT molecular complexity index is 440. The van der Waals surface area contributed by atoms with Gasteiger partial charge in [0, 0.05) is 18.8 Å². The molecule has 4 heteroatoms. The number of rotatable bonds is 2. The molecule has 4 nitrogen and oxygen atoms in total. The zero-order valence-corrected chi connectivity index (χ0v) is 9.08. The van der Waals surface area contributed by atoms with Crippen molar-refractivity contribution in [3.05, 3.63) is 36.7 Å². The van der Waals surface area contributed by atoms with E-state index in [2.05, 4.69) is 39.5 Å². The Morgan fingerprint density at radius 2 is 1.62 bits per heavy atom. The van der Waals surface area contributed by atoms with Gasteiger partial charge in [0.2, 0.25) is 0 Å². The molecule has 0 bridgehead atoms. The van der Waals surface area contributed by atoms with Crippen LogP contribution in [0.15, 0.2) is 36.7 Å². The van der Waals surface area contributed by atoms with Crippen molar-refractivity contribution in [1.82, 2.24) is 15.0 Å². The van der Waals surface area contributed by atoms with E-state index in [-0.39, 0.29) is 0 Å². The molecule has 1 fully saturated rings. The largest absolute Gasteiger partial charge is 0.372 e. The van der Waals surface area contributed by atoms with E-state index in [1.54, 1.807) is 10.9 Å². The van der Waals surface area contributed by atoms with E-state index in [4.69, 9.17) is 0 Å². The van der Waals surface area contributed by atoms with Crippen molar-refractivity contribution < 1.29 is 0 Å². The Morgan fingerprint density at radius 1 is 0.938 bits per heavy atom. The molecule has 1 aliphatic rings. The predicted molar refractivity (Wildman–Crippen MR) is 62.8 cm³/mol. The maximum Gasteiger partial charge on any atom is 0.0697 e. The third-order valence-corrected chi connectivity index (χ3v) is 3.01. The summed E-state index contributed by atoms with van der Waals surface area (Å²) >= 11 is 0. The predicted octanol–water partition coefficient (Wildman–Crippen LogP) is 1.87. The van der Waals surface area contributed by atoms with Crippen LogP contribution in [0.1, 0.15) is 12.8 Å². The van der Waals surface area contributed by atoms with E-state index in [0.717, 1.165) is 5.69 Å². The Labute approximate surface area is 94.5 Å². The zero-order chi connectivity index (χ0) is 10.8. The molecule has 1 aliphatic heterocycles. The second-order valence-electron chi connectivity index (χ2n) is 4.06. The minimum atomic E-state index is 1.06. The Morgan fingerprint density at radius 3 is 2.25 bits per heavy atom. The molecule has 0 spiro atoms. The lowest BCUT2D eigenvalue weighted by Crippen LogP contribution is -2.17. The maximum absolute atomic E-state index is 3.97. The fraction of sp³-hybridized carbons (Fsp3) is 0.333. The van der Waals surface area contributed by atoms with Crippen molar-refractivity contribution in [3.8, 4) is 5.69 Å². The van der Waals surface area contributed by atoms with Crippen molar-refractivity contribution in [2.45, 2.75) is 12.8 Å². The molecule has 3 rings (SSSR count). The Hall–Kier alpha value is -1.84. The monoisotopic (exact) mass is 214 g/mol. The molecule has 0 unspecified atom stereocenters. The van der Waals surface area contributed by atoms with Gasteiger partial charge in [0.1, 0.15) is 0 Å². The fourth-order valence-corrected chi connectivity index (χ4v) is 2.14. The summed E-state index contributed by atoms with van der Waals surface area (Å²) in [5.74, 6) is 0. The van der Waals surface area contributed by atoms with Gasteiger partial charge in [-0.1, -0.05) is 5.21 Å². The van der Waals surface area contributed by atoms with Crippen LogP contribution in [-0.4, -0.2) is 28.1 Å². The van der Waals surface area contributed by atoms with E-state index in [9.17, 15) is 0 Å². The minimum Gasteiger partial charge on any atom is -0.372 e. The van der Waals surface area contributed by atoms with Crippen LogP contribution < -0.4 is 4.90 Å². The summed E-state index contributed by atoms with van der Waals surface area (Å²) in [6, 6.07) is 8.48. The second kappa shape index (κ2) is 3.96. The average molecular weight is 214 g/mol. The van der Waals surface area contributed by atoms with Crippen LogP contribution in [0.25, 0.3) is 5.69 Å². The molecule has 0 aliphatic carbocycles. The maximum atomic E-state index is 3.97. The molecule has 16 heavy (non-hydrogen) atoms.